The number of nitrogens with zero attached hydrogens (tertiary/aromatic N) is 1. The standard InChI is InChI=1S/C16H22N2O2/c1-2-7-16(6-1)11-18(9-3-8-17-16)13-4-5-14-15(10-13)20-12-19-14/h4-5,10,17H,1-3,6-9,11-12H2. The van der Waals surface area contributed by atoms with E-state index in [4.69, 9.17) is 9.47 Å². The summed E-state index contributed by atoms with van der Waals surface area (Å²) in [5.74, 6) is 1.76. The smallest absolute Gasteiger partial charge is 0.231 e. The molecule has 1 aromatic rings. The largest absolute Gasteiger partial charge is 0.454 e. The van der Waals surface area contributed by atoms with Crippen LogP contribution in [0.1, 0.15) is 32.1 Å². The summed E-state index contributed by atoms with van der Waals surface area (Å²) >= 11 is 0. The normalized spacial score (nSPS) is 24.1. The molecule has 4 rings (SSSR count). The summed E-state index contributed by atoms with van der Waals surface area (Å²) in [6.45, 7) is 3.73. The van der Waals surface area contributed by atoms with Crippen molar-refractivity contribution in [3.05, 3.63) is 18.2 Å². The van der Waals surface area contributed by atoms with Crippen LogP contribution in [-0.4, -0.2) is 32.0 Å². The van der Waals surface area contributed by atoms with Crippen LogP contribution in [0.3, 0.4) is 0 Å². The van der Waals surface area contributed by atoms with Gasteiger partial charge in [-0.25, -0.2) is 0 Å². The van der Waals surface area contributed by atoms with Crippen LogP contribution in [0.2, 0.25) is 0 Å². The van der Waals surface area contributed by atoms with E-state index in [1.807, 2.05) is 6.07 Å². The Hall–Kier alpha value is -1.42. The van der Waals surface area contributed by atoms with E-state index >= 15 is 0 Å². The average molecular weight is 274 g/mol. The molecule has 0 radical (unpaired) electrons. The third-order valence-corrected chi connectivity index (χ3v) is 4.88. The van der Waals surface area contributed by atoms with Crippen molar-refractivity contribution < 1.29 is 9.47 Å². The zero-order chi connectivity index (χ0) is 13.4. The molecule has 1 saturated carbocycles. The molecule has 1 saturated heterocycles. The van der Waals surface area contributed by atoms with Crippen molar-refractivity contribution in [3.63, 3.8) is 0 Å². The van der Waals surface area contributed by atoms with Crippen LogP contribution in [0.5, 0.6) is 11.5 Å². The first-order chi connectivity index (χ1) is 9.85. The molecule has 1 N–H and O–H groups in total. The molecule has 0 aromatic heterocycles. The number of fused-ring (bicyclic) bond motifs is 1. The van der Waals surface area contributed by atoms with Gasteiger partial charge in [-0.3, -0.25) is 0 Å². The van der Waals surface area contributed by atoms with Crippen molar-refractivity contribution in [2.24, 2.45) is 0 Å². The van der Waals surface area contributed by atoms with Crippen LogP contribution in [0, 0.1) is 0 Å². The highest BCUT2D eigenvalue weighted by atomic mass is 16.7. The molecule has 2 aliphatic heterocycles. The van der Waals surface area contributed by atoms with Crippen LogP contribution in [0.4, 0.5) is 5.69 Å². The SMILES string of the molecule is c1cc2c(cc1N1CCCNC3(CCCC3)C1)OCO2. The van der Waals surface area contributed by atoms with Gasteiger partial charge in [-0.05, 0) is 37.9 Å². The zero-order valence-corrected chi connectivity index (χ0v) is 11.9. The first kappa shape index (κ1) is 12.3. The minimum Gasteiger partial charge on any atom is -0.454 e. The minimum absolute atomic E-state index is 0.340. The highest BCUT2D eigenvalue weighted by Gasteiger charge is 2.36. The van der Waals surface area contributed by atoms with Crippen molar-refractivity contribution in [1.82, 2.24) is 5.32 Å². The Bertz CT molecular complexity index is 497. The minimum atomic E-state index is 0.340. The molecule has 0 bridgehead atoms. The summed E-state index contributed by atoms with van der Waals surface area (Å²) in [7, 11) is 0. The first-order valence-corrected chi connectivity index (χ1v) is 7.74. The van der Waals surface area contributed by atoms with Crippen molar-refractivity contribution in [2.45, 2.75) is 37.6 Å². The predicted molar refractivity (Wildman–Crippen MR) is 78.6 cm³/mol. The lowest BCUT2D eigenvalue weighted by Gasteiger charge is -2.34. The van der Waals surface area contributed by atoms with Gasteiger partial charge in [-0.15, -0.1) is 0 Å². The molecule has 0 atom stereocenters. The van der Waals surface area contributed by atoms with E-state index in [9.17, 15) is 0 Å². The number of ether oxygens (including phenoxy) is 2. The first-order valence-electron chi connectivity index (χ1n) is 7.74. The molecule has 1 spiro atoms. The lowest BCUT2D eigenvalue weighted by Crippen LogP contribution is -2.49. The van der Waals surface area contributed by atoms with Crippen LogP contribution in [0.15, 0.2) is 18.2 Å². The highest BCUT2D eigenvalue weighted by molar-refractivity contribution is 5.57. The molecule has 1 aliphatic carbocycles. The molecular weight excluding hydrogens is 252 g/mol. The maximum atomic E-state index is 5.51. The molecule has 3 aliphatic rings. The number of rotatable bonds is 1. The quantitative estimate of drug-likeness (QED) is 0.853. The molecule has 1 aromatic carbocycles. The third kappa shape index (κ3) is 2.12. The fraction of sp³-hybridized carbons (Fsp3) is 0.625. The number of anilines is 1. The Balaban J connectivity index is 1.60. The van der Waals surface area contributed by atoms with E-state index in [0.717, 1.165) is 31.1 Å². The second kappa shape index (κ2) is 4.85. The number of nitrogens with one attached hydrogen (secondary N) is 1. The van der Waals surface area contributed by atoms with Gasteiger partial charge in [0.05, 0.1) is 0 Å². The fourth-order valence-corrected chi connectivity index (χ4v) is 3.81. The van der Waals surface area contributed by atoms with Gasteiger partial charge < -0.3 is 19.7 Å². The summed E-state index contributed by atoms with van der Waals surface area (Å²) in [5.41, 5.74) is 1.61. The molecule has 0 unspecified atom stereocenters. The van der Waals surface area contributed by atoms with E-state index in [0.29, 0.717) is 12.3 Å². The van der Waals surface area contributed by atoms with E-state index in [1.165, 1.54) is 37.8 Å². The Kier molecular flexibility index (Phi) is 2.99. The van der Waals surface area contributed by atoms with Crippen LogP contribution < -0.4 is 19.7 Å². The molecule has 4 heteroatoms. The summed E-state index contributed by atoms with van der Waals surface area (Å²) < 4.78 is 10.9. The van der Waals surface area contributed by atoms with Crippen molar-refractivity contribution in [2.75, 3.05) is 31.3 Å². The van der Waals surface area contributed by atoms with Gasteiger partial charge in [0.2, 0.25) is 6.79 Å². The van der Waals surface area contributed by atoms with E-state index in [2.05, 4.69) is 22.3 Å². The molecule has 2 fully saturated rings. The van der Waals surface area contributed by atoms with Gasteiger partial charge in [-0.2, -0.15) is 0 Å². The Labute approximate surface area is 120 Å². The summed E-state index contributed by atoms with van der Waals surface area (Å²) in [5, 5.41) is 3.81. The third-order valence-electron chi connectivity index (χ3n) is 4.88. The maximum absolute atomic E-state index is 5.51. The maximum Gasteiger partial charge on any atom is 0.231 e. The van der Waals surface area contributed by atoms with Gasteiger partial charge >= 0.3 is 0 Å². The van der Waals surface area contributed by atoms with Gasteiger partial charge in [-0.1, -0.05) is 12.8 Å². The van der Waals surface area contributed by atoms with E-state index < -0.39 is 0 Å². The van der Waals surface area contributed by atoms with Gasteiger partial charge in [0.15, 0.2) is 11.5 Å². The number of hydrogen-bond acceptors (Lipinski definition) is 4. The second-order valence-corrected chi connectivity index (χ2v) is 6.23. The predicted octanol–water partition coefficient (Wildman–Crippen LogP) is 2.53. The molecule has 4 nitrogen and oxygen atoms in total. The fourth-order valence-electron chi connectivity index (χ4n) is 3.81. The van der Waals surface area contributed by atoms with Gasteiger partial charge in [0.1, 0.15) is 0 Å². The summed E-state index contributed by atoms with van der Waals surface area (Å²) in [6, 6.07) is 6.34. The Morgan fingerprint density at radius 1 is 1.05 bits per heavy atom. The van der Waals surface area contributed by atoms with Crippen LogP contribution >= 0.6 is 0 Å². The lowest BCUT2D eigenvalue weighted by molar-refractivity contribution is 0.174. The highest BCUT2D eigenvalue weighted by Crippen LogP contribution is 2.38. The molecule has 0 amide bonds. The van der Waals surface area contributed by atoms with Crippen LogP contribution in [0.25, 0.3) is 0 Å². The van der Waals surface area contributed by atoms with Crippen molar-refractivity contribution in [1.29, 1.82) is 0 Å². The number of benzene rings is 1. The van der Waals surface area contributed by atoms with Gasteiger partial charge in [0, 0.05) is 30.4 Å². The van der Waals surface area contributed by atoms with Crippen LogP contribution in [-0.2, 0) is 0 Å². The lowest BCUT2D eigenvalue weighted by atomic mass is 9.97. The average Bonchev–Trinajstić information content (AvgIpc) is 3.05. The van der Waals surface area contributed by atoms with Crippen molar-refractivity contribution >= 4 is 5.69 Å². The molecular formula is C16H22N2O2. The second-order valence-electron chi connectivity index (χ2n) is 6.23. The monoisotopic (exact) mass is 274 g/mol. The molecule has 20 heavy (non-hydrogen) atoms. The Morgan fingerprint density at radius 2 is 1.90 bits per heavy atom. The molecule has 108 valence electrons. The van der Waals surface area contributed by atoms with E-state index in [1.54, 1.807) is 0 Å². The summed E-state index contributed by atoms with van der Waals surface area (Å²) in [4.78, 5) is 2.52. The van der Waals surface area contributed by atoms with Crippen molar-refractivity contribution in [3.8, 4) is 11.5 Å². The zero-order valence-electron chi connectivity index (χ0n) is 11.9. The van der Waals surface area contributed by atoms with Gasteiger partial charge in [0.25, 0.3) is 0 Å². The Morgan fingerprint density at radius 3 is 2.80 bits per heavy atom. The number of hydrogen-bond donors (Lipinski definition) is 1. The summed E-state index contributed by atoms with van der Waals surface area (Å²) in [6.07, 6.45) is 6.56. The topological polar surface area (TPSA) is 33.7 Å². The molecule has 2 heterocycles. The van der Waals surface area contributed by atoms with E-state index in [-0.39, 0.29) is 0 Å².